The van der Waals surface area contributed by atoms with Gasteiger partial charge in [0.25, 0.3) is 0 Å². The lowest BCUT2D eigenvalue weighted by molar-refractivity contribution is 0.0305. The Morgan fingerprint density at radius 1 is 0.680 bits per heavy atom. The van der Waals surface area contributed by atoms with Crippen LogP contribution < -0.4 is 0 Å². The molecule has 0 aromatic heterocycles. The van der Waals surface area contributed by atoms with E-state index in [0.29, 0.717) is 0 Å². The molecular weight excluding hydrogens is 308 g/mol. The molecule has 0 atom stereocenters. The van der Waals surface area contributed by atoms with Crippen LogP contribution in [-0.2, 0) is 9.47 Å². The fraction of sp³-hybridized carbons (Fsp3) is 0.826. The lowest BCUT2D eigenvalue weighted by Gasteiger charge is -2.30. The SMILES string of the molecule is CCCCC(=COCC(CC)(CC)COC=C(CC)CCCC)CC. The number of unbranched alkanes of at least 4 members (excludes halogenated alkanes) is 2. The van der Waals surface area contributed by atoms with Crippen LogP contribution in [0.4, 0.5) is 0 Å². The predicted octanol–water partition coefficient (Wildman–Crippen LogP) is 7.79. The predicted molar refractivity (Wildman–Crippen MR) is 111 cm³/mol. The van der Waals surface area contributed by atoms with Crippen molar-refractivity contribution in [2.24, 2.45) is 5.41 Å². The molecule has 0 unspecified atom stereocenters. The van der Waals surface area contributed by atoms with Gasteiger partial charge in [-0.25, -0.2) is 0 Å². The lowest BCUT2D eigenvalue weighted by atomic mass is 9.84. The van der Waals surface area contributed by atoms with Crippen molar-refractivity contribution in [2.75, 3.05) is 13.2 Å². The van der Waals surface area contributed by atoms with Crippen molar-refractivity contribution in [1.82, 2.24) is 0 Å². The van der Waals surface area contributed by atoms with Crippen molar-refractivity contribution in [3.63, 3.8) is 0 Å². The molecule has 148 valence electrons. The molecule has 0 N–H and O–H groups in total. The first kappa shape index (κ1) is 24.1. The Morgan fingerprint density at radius 2 is 1.08 bits per heavy atom. The Kier molecular flexibility index (Phi) is 14.8. The third-order valence-corrected chi connectivity index (χ3v) is 5.39. The molecule has 0 aliphatic heterocycles. The first-order valence-electron chi connectivity index (χ1n) is 10.7. The smallest absolute Gasteiger partial charge is 0.0961 e. The third kappa shape index (κ3) is 10.6. The minimum absolute atomic E-state index is 0.111. The second kappa shape index (κ2) is 15.3. The zero-order valence-corrected chi connectivity index (χ0v) is 18.0. The summed E-state index contributed by atoms with van der Waals surface area (Å²) in [6.45, 7) is 14.9. The van der Waals surface area contributed by atoms with Gasteiger partial charge >= 0.3 is 0 Å². The summed E-state index contributed by atoms with van der Waals surface area (Å²) >= 11 is 0. The molecule has 0 spiro atoms. The van der Waals surface area contributed by atoms with Gasteiger partial charge in [0, 0.05) is 5.41 Å². The molecule has 0 fully saturated rings. The van der Waals surface area contributed by atoms with Crippen molar-refractivity contribution in [3.8, 4) is 0 Å². The fourth-order valence-corrected chi connectivity index (χ4v) is 2.82. The van der Waals surface area contributed by atoms with E-state index < -0.39 is 0 Å². The highest BCUT2D eigenvalue weighted by Gasteiger charge is 2.27. The molecule has 0 radical (unpaired) electrons. The van der Waals surface area contributed by atoms with E-state index in [-0.39, 0.29) is 5.41 Å². The molecule has 0 amide bonds. The van der Waals surface area contributed by atoms with Crippen molar-refractivity contribution in [2.45, 2.75) is 106 Å². The van der Waals surface area contributed by atoms with E-state index >= 15 is 0 Å². The van der Waals surface area contributed by atoms with Gasteiger partial charge in [0.2, 0.25) is 0 Å². The van der Waals surface area contributed by atoms with E-state index in [9.17, 15) is 0 Å². The highest BCUT2D eigenvalue weighted by atomic mass is 16.5. The highest BCUT2D eigenvalue weighted by molar-refractivity contribution is 4.98. The van der Waals surface area contributed by atoms with E-state index in [2.05, 4.69) is 41.5 Å². The van der Waals surface area contributed by atoms with Crippen LogP contribution >= 0.6 is 0 Å². The van der Waals surface area contributed by atoms with Crippen LogP contribution in [-0.4, -0.2) is 13.2 Å². The molecule has 2 heteroatoms. The van der Waals surface area contributed by atoms with Crippen LogP contribution in [0.5, 0.6) is 0 Å². The van der Waals surface area contributed by atoms with E-state index in [1.807, 2.05) is 12.5 Å². The normalized spacial score (nSPS) is 13.2. The van der Waals surface area contributed by atoms with Crippen LogP contribution in [0.1, 0.15) is 106 Å². The van der Waals surface area contributed by atoms with Gasteiger partial charge in [-0.2, -0.15) is 0 Å². The van der Waals surface area contributed by atoms with Crippen LogP contribution in [0.25, 0.3) is 0 Å². The van der Waals surface area contributed by atoms with E-state index in [1.54, 1.807) is 0 Å². The summed E-state index contributed by atoms with van der Waals surface area (Å²) in [5.74, 6) is 0. The van der Waals surface area contributed by atoms with Gasteiger partial charge < -0.3 is 9.47 Å². The largest absolute Gasteiger partial charge is 0.501 e. The van der Waals surface area contributed by atoms with E-state index in [1.165, 1.54) is 36.8 Å². The average Bonchev–Trinajstić information content (AvgIpc) is 2.65. The molecule has 2 nitrogen and oxygen atoms in total. The first-order chi connectivity index (χ1) is 12.1. The maximum absolute atomic E-state index is 6.02. The summed E-state index contributed by atoms with van der Waals surface area (Å²) in [5, 5.41) is 0. The van der Waals surface area contributed by atoms with E-state index in [0.717, 1.165) is 51.7 Å². The minimum Gasteiger partial charge on any atom is -0.501 e. The standard InChI is InChI=1S/C23H44O2/c1-7-13-15-21(9-3)17-24-19-23(11-5,12-6)20-25-18-22(10-4)16-14-8-2/h17-18H,7-16,19-20H2,1-6H3. The zero-order chi connectivity index (χ0) is 19.0. The summed E-state index contributed by atoms with van der Waals surface area (Å²) < 4.78 is 12.0. The van der Waals surface area contributed by atoms with Crippen LogP contribution in [0.3, 0.4) is 0 Å². The zero-order valence-electron chi connectivity index (χ0n) is 18.0. The highest BCUT2D eigenvalue weighted by Crippen LogP contribution is 2.28. The monoisotopic (exact) mass is 352 g/mol. The number of hydrogen-bond donors (Lipinski definition) is 0. The van der Waals surface area contributed by atoms with Crippen LogP contribution in [0.15, 0.2) is 23.7 Å². The topological polar surface area (TPSA) is 18.5 Å². The Hall–Kier alpha value is -0.920. The van der Waals surface area contributed by atoms with Crippen molar-refractivity contribution in [3.05, 3.63) is 23.7 Å². The summed E-state index contributed by atoms with van der Waals surface area (Å²) in [5.41, 5.74) is 2.97. The van der Waals surface area contributed by atoms with Gasteiger partial charge in [0.05, 0.1) is 25.7 Å². The van der Waals surface area contributed by atoms with Gasteiger partial charge in [0.15, 0.2) is 0 Å². The van der Waals surface area contributed by atoms with Gasteiger partial charge in [-0.1, -0.05) is 54.4 Å². The number of hydrogen-bond acceptors (Lipinski definition) is 2. The molecule has 0 saturated carbocycles. The molecule has 0 aromatic carbocycles. The van der Waals surface area contributed by atoms with Crippen molar-refractivity contribution >= 4 is 0 Å². The summed E-state index contributed by atoms with van der Waals surface area (Å²) in [6, 6.07) is 0. The Labute approximate surface area is 158 Å². The summed E-state index contributed by atoms with van der Waals surface area (Å²) in [4.78, 5) is 0. The maximum atomic E-state index is 6.02. The minimum atomic E-state index is 0.111. The van der Waals surface area contributed by atoms with E-state index in [4.69, 9.17) is 9.47 Å². The Morgan fingerprint density at radius 3 is 1.36 bits per heavy atom. The van der Waals surface area contributed by atoms with Crippen LogP contribution in [0.2, 0.25) is 0 Å². The quantitative estimate of drug-likeness (QED) is 0.264. The number of rotatable bonds is 16. The second-order valence-corrected chi connectivity index (χ2v) is 7.30. The molecule has 0 heterocycles. The molecule has 0 bridgehead atoms. The van der Waals surface area contributed by atoms with Crippen molar-refractivity contribution < 1.29 is 9.47 Å². The Bertz CT molecular complexity index is 332. The lowest BCUT2D eigenvalue weighted by Crippen LogP contribution is -2.30. The van der Waals surface area contributed by atoms with Gasteiger partial charge in [-0.05, 0) is 62.5 Å². The average molecular weight is 353 g/mol. The molecule has 0 rings (SSSR count). The van der Waals surface area contributed by atoms with Gasteiger partial charge in [0.1, 0.15) is 0 Å². The molecule has 0 aromatic rings. The molecule has 0 aliphatic rings. The molecular formula is C23H44O2. The van der Waals surface area contributed by atoms with Crippen molar-refractivity contribution in [1.29, 1.82) is 0 Å². The molecule has 0 aliphatic carbocycles. The molecule has 0 saturated heterocycles. The van der Waals surface area contributed by atoms with Gasteiger partial charge in [-0.15, -0.1) is 0 Å². The maximum Gasteiger partial charge on any atom is 0.0961 e. The number of allylic oxidation sites excluding steroid dienone is 2. The third-order valence-electron chi connectivity index (χ3n) is 5.39. The first-order valence-corrected chi connectivity index (χ1v) is 10.7. The van der Waals surface area contributed by atoms with Gasteiger partial charge in [-0.3, -0.25) is 0 Å². The Balaban J connectivity index is 4.61. The van der Waals surface area contributed by atoms with Crippen LogP contribution in [0, 0.1) is 5.41 Å². The second-order valence-electron chi connectivity index (χ2n) is 7.30. The fourth-order valence-electron chi connectivity index (χ4n) is 2.82. The summed E-state index contributed by atoms with van der Waals surface area (Å²) in [7, 11) is 0. The number of ether oxygens (including phenoxy) is 2. The summed E-state index contributed by atoms with van der Waals surface area (Å²) in [6.07, 6.45) is 15.7. The molecule has 25 heavy (non-hydrogen) atoms.